The summed E-state index contributed by atoms with van der Waals surface area (Å²) in [6, 6.07) is 6.94. The largest absolute Gasteiger partial charge is 0.508 e. The Morgan fingerprint density at radius 2 is 1.90 bits per heavy atom. The highest BCUT2D eigenvalue weighted by Crippen LogP contribution is 2.08. The SMILES string of the molecule is Oc1ccc(C[C]=S)cc1. The van der Waals surface area contributed by atoms with E-state index in [2.05, 4.69) is 17.6 Å². The van der Waals surface area contributed by atoms with Gasteiger partial charge in [-0.05, 0) is 17.7 Å². The highest BCUT2D eigenvalue weighted by molar-refractivity contribution is 7.78. The second kappa shape index (κ2) is 3.32. The number of benzene rings is 1. The van der Waals surface area contributed by atoms with E-state index in [0.717, 1.165) is 5.56 Å². The van der Waals surface area contributed by atoms with Crippen LogP contribution < -0.4 is 0 Å². The van der Waals surface area contributed by atoms with Crippen LogP contribution in [0.4, 0.5) is 0 Å². The number of phenols is 1. The van der Waals surface area contributed by atoms with Crippen LogP contribution in [-0.4, -0.2) is 10.5 Å². The van der Waals surface area contributed by atoms with Crippen LogP contribution in [0.3, 0.4) is 0 Å². The molecule has 0 heterocycles. The Morgan fingerprint density at radius 1 is 1.30 bits per heavy atom. The molecule has 1 aromatic carbocycles. The van der Waals surface area contributed by atoms with Crippen molar-refractivity contribution < 1.29 is 5.11 Å². The molecule has 1 aromatic rings. The van der Waals surface area contributed by atoms with E-state index >= 15 is 0 Å². The van der Waals surface area contributed by atoms with Gasteiger partial charge in [0, 0.05) is 11.8 Å². The molecular formula is C8H7OS. The van der Waals surface area contributed by atoms with E-state index in [1.54, 1.807) is 12.1 Å². The Morgan fingerprint density at radius 3 is 2.40 bits per heavy atom. The van der Waals surface area contributed by atoms with E-state index in [0.29, 0.717) is 6.42 Å². The van der Waals surface area contributed by atoms with Gasteiger partial charge < -0.3 is 5.11 Å². The summed E-state index contributed by atoms with van der Waals surface area (Å²) in [7, 11) is 0. The van der Waals surface area contributed by atoms with Gasteiger partial charge >= 0.3 is 0 Å². The van der Waals surface area contributed by atoms with Crippen molar-refractivity contribution in [2.75, 3.05) is 0 Å². The molecular weight excluding hydrogens is 144 g/mol. The van der Waals surface area contributed by atoms with E-state index in [1.165, 1.54) is 0 Å². The molecule has 1 radical (unpaired) electrons. The summed E-state index contributed by atoms with van der Waals surface area (Å²) in [6.45, 7) is 0. The van der Waals surface area contributed by atoms with Crippen molar-refractivity contribution in [1.82, 2.24) is 0 Å². The second-order valence-corrected chi connectivity index (χ2v) is 2.28. The third-order valence-electron chi connectivity index (χ3n) is 1.21. The smallest absolute Gasteiger partial charge is 0.115 e. The molecule has 0 unspecified atom stereocenters. The molecule has 0 amide bonds. The van der Waals surface area contributed by atoms with Gasteiger partial charge in [0.15, 0.2) is 0 Å². The van der Waals surface area contributed by atoms with Crippen LogP contribution in [0, 0.1) is 0 Å². The maximum atomic E-state index is 8.88. The fraction of sp³-hybridized carbons (Fsp3) is 0.125. The summed E-state index contributed by atoms with van der Waals surface area (Å²) in [5.74, 6) is 0.285. The molecule has 10 heavy (non-hydrogen) atoms. The van der Waals surface area contributed by atoms with E-state index < -0.39 is 0 Å². The van der Waals surface area contributed by atoms with Crippen LogP contribution in [0.2, 0.25) is 0 Å². The van der Waals surface area contributed by atoms with Crippen LogP contribution >= 0.6 is 12.2 Å². The quantitative estimate of drug-likeness (QED) is 0.650. The molecule has 0 aliphatic rings. The lowest BCUT2D eigenvalue weighted by Gasteiger charge is -1.93. The lowest BCUT2D eigenvalue weighted by molar-refractivity contribution is 0.475. The van der Waals surface area contributed by atoms with Gasteiger partial charge in [-0.1, -0.05) is 24.4 Å². The Balaban J connectivity index is 2.78. The normalized spacial score (nSPS) is 9.20. The van der Waals surface area contributed by atoms with Crippen molar-refractivity contribution in [3.05, 3.63) is 29.8 Å². The van der Waals surface area contributed by atoms with Crippen molar-refractivity contribution in [2.24, 2.45) is 0 Å². The molecule has 51 valence electrons. The summed E-state index contributed by atoms with van der Waals surface area (Å²) in [4.78, 5) is 0. The van der Waals surface area contributed by atoms with Crippen LogP contribution in [-0.2, 0) is 6.42 Å². The van der Waals surface area contributed by atoms with Gasteiger partial charge in [0.1, 0.15) is 5.75 Å². The maximum absolute atomic E-state index is 8.88. The zero-order valence-electron chi connectivity index (χ0n) is 5.37. The predicted molar refractivity (Wildman–Crippen MR) is 44.4 cm³/mol. The molecule has 1 nitrogen and oxygen atoms in total. The average molecular weight is 151 g/mol. The average Bonchev–Trinajstić information content (AvgIpc) is 1.95. The van der Waals surface area contributed by atoms with Crippen molar-refractivity contribution in [3.8, 4) is 5.75 Å². The number of phenolic OH excluding ortho intramolecular Hbond substituents is 1. The van der Waals surface area contributed by atoms with Crippen molar-refractivity contribution in [1.29, 1.82) is 0 Å². The number of thiocarbonyl (C=S) groups is 1. The van der Waals surface area contributed by atoms with Gasteiger partial charge in [-0.15, -0.1) is 0 Å². The third-order valence-corrected chi connectivity index (χ3v) is 1.36. The molecule has 0 aliphatic carbocycles. The molecule has 0 atom stereocenters. The molecule has 0 aliphatic heterocycles. The minimum absolute atomic E-state index is 0.285. The first-order chi connectivity index (χ1) is 4.83. The zero-order valence-corrected chi connectivity index (χ0v) is 6.19. The van der Waals surface area contributed by atoms with Gasteiger partial charge in [0.05, 0.1) is 0 Å². The highest BCUT2D eigenvalue weighted by atomic mass is 32.1. The van der Waals surface area contributed by atoms with Crippen molar-refractivity contribution in [3.63, 3.8) is 0 Å². The fourth-order valence-electron chi connectivity index (χ4n) is 0.697. The van der Waals surface area contributed by atoms with E-state index in [9.17, 15) is 0 Å². The summed E-state index contributed by atoms with van der Waals surface area (Å²) >= 11 is 4.55. The third kappa shape index (κ3) is 1.81. The maximum Gasteiger partial charge on any atom is 0.115 e. The zero-order chi connectivity index (χ0) is 7.40. The first-order valence-corrected chi connectivity index (χ1v) is 3.36. The van der Waals surface area contributed by atoms with Crippen LogP contribution in [0.15, 0.2) is 24.3 Å². The second-order valence-electron chi connectivity index (χ2n) is 1.99. The minimum atomic E-state index is 0.285. The highest BCUT2D eigenvalue weighted by Gasteiger charge is 1.88. The topological polar surface area (TPSA) is 20.2 Å². The van der Waals surface area contributed by atoms with E-state index in [4.69, 9.17) is 5.11 Å². The minimum Gasteiger partial charge on any atom is -0.508 e. The van der Waals surface area contributed by atoms with Gasteiger partial charge in [0.25, 0.3) is 0 Å². The van der Waals surface area contributed by atoms with Crippen molar-refractivity contribution >= 4 is 17.6 Å². The Hall–Kier alpha value is -0.890. The Bertz CT molecular complexity index is 215. The lowest BCUT2D eigenvalue weighted by Crippen LogP contribution is -1.81. The van der Waals surface area contributed by atoms with Crippen molar-refractivity contribution in [2.45, 2.75) is 6.42 Å². The molecule has 0 bridgehead atoms. The van der Waals surface area contributed by atoms with E-state index in [1.807, 2.05) is 12.1 Å². The van der Waals surface area contributed by atoms with Gasteiger partial charge in [-0.3, -0.25) is 0 Å². The molecule has 0 saturated heterocycles. The molecule has 0 spiro atoms. The Labute approximate surface area is 65.3 Å². The molecule has 1 rings (SSSR count). The molecule has 2 heteroatoms. The first-order valence-electron chi connectivity index (χ1n) is 2.96. The van der Waals surface area contributed by atoms with Crippen LogP contribution in [0.1, 0.15) is 5.56 Å². The number of hydrogen-bond donors (Lipinski definition) is 1. The number of rotatable bonds is 2. The van der Waals surface area contributed by atoms with Gasteiger partial charge in [0.2, 0.25) is 0 Å². The first kappa shape index (κ1) is 7.22. The fourth-order valence-corrected chi connectivity index (χ4v) is 0.864. The number of hydrogen-bond acceptors (Lipinski definition) is 2. The van der Waals surface area contributed by atoms with E-state index in [-0.39, 0.29) is 5.75 Å². The predicted octanol–water partition coefficient (Wildman–Crippen LogP) is 1.81. The molecule has 1 N–H and O–H groups in total. The summed E-state index contributed by atoms with van der Waals surface area (Å²) in [5, 5.41) is 11.5. The lowest BCUT2D eigenvalue weighted by atomic mass is 10.2. The molecule has 0 saturated carbocycles. The summed E-state index contributed by atoms with van der Waals surface area (Å²) in [6.07, 6.45) is 0.662. The van der Waals surface area contributed by atoms with Crippen LogP contribution in [0.25, 0.3) is 0 Å². The Kier molecular flexibility index (Phi) is 2.40. The summed E-state index contributed by atoms with van der Waals surface area (Å²) in [5.41, 5.74) is 1.08. The van der Waals surface area contributed by atoms with Gasteiger partial charge in [-0.25, -0.2) is 0 Å². The standard InChI is InChI=1S/C8H7OS/c9-8-3-1-7(2-4-8)5-6-10/h1-4,9H,5H2. The molecule has 0 aromatic heterocycles. The number of aromatic hydroxyl groups is 1. The van der Waals surface area contributed by atoms with Crippen LogP contribution in [0.5, 0.6) is 5.75 Å². The van der Waals surface area contributed by atoms with Gasteiger partial charge in [-0.2, -0.15) is 0 Å². The molecule has 0 fully saturated rings. The summed E-state index contributed by atoms with van der Waals surface area (Å²) < 4.78 is 0. The monoisotopic (exact) mass is 151 g/mol.